The van der Waals surface area contributed by atoms with E-state index in [0.29, 0.717) is 12.2 Å². The minimum Gasteiger partial charge on any atom is -0.303 e. The number of hydrogen-bond donors (Lipinski definition) is 2. The molecule has 17 heavy (non-hydrogen) atoms. The Balaban J connectivity index is 1.92. The summed E-state index contributed by atoms with van der Waals surface area (Å²) in [7, 11) is 1.74. The highest BCUT2D eigenvalue weighted by Crippen LogP contribution is 2.02. The van der Waals surface area contributed by atoms with E-state index in [1.807, 2.05) is 0 Å². The molecule has 0 saturated heterocycles. The maximum atomic E-state index is 11.3. The van der Waals surface area contributed by atoms with Crippen LogP contribution in [0.4, 0.5) is 0 Å². The van der Waals surface area contributed by atoms with Gasteiger partial charge >= 0.3 is 11.3 Å². The van der Waals surface area contributed by atoms with Gasteiger partial charge in [0, 0.05) is 6.54 Å². The van der Waals surface area contributed by atoms with Gasteiger partial charge in [-0.25, -0.2) is 4.79 Å². The lowest BCUT2D eigenvalue weighted by Crippen LogP contribution is -2.38. The van der Waals surface area contributed by atoms with Crippen LogP contribution in [0.1, 0.15) is 16.8 Å². The smallest absolute Gasteiger partial charge is 0.303 e. The largest absolute Gasteiger partial charge is 0.431 e. The van der Waals surface area contributed by atoms with E-state index in [2.05, 4.69) is 46.3 Å². The van der Waals surface area contributed by atoms with Crippen LogP contribution >= 0.6 is 0 Å². The van der Waals surface area contributed by atoms with Crippen molar-refractivity contribution in [3.63, 3.8) is 0 Å². The van der Waals surface area contributed by atoms with Gasteiger partial charge in [0.2, 0.25) is 0 Å². The Morgan fingerprint density at radius 2 is 2.00 bits per heavy atom. The number of nitrogens with zero attached hydrogens (tertiary/aromatic N) is 1. The first kappa shape index (κ1) is 11.6. The summed E-state index contributed by atoms with van der Waals surface area (Å²) in [6.45, 7) is 3.27. The molecule has 1 aromatic carbocycles. The Morgan fingerprint density at radius 1 is 1.29 bits per heavy atom. The predicted octanol–water partition coefficient (Wildman–Crippen LogP) is 0.391. The molecule has 2 aromatic rings. The van der Waals surface area contributed by atoms with E-state index < -0.39 is 0 Å². The second-order valence-electron chi connectivity index (χ2n) is 4.08. The highest BCUT2D eigenvalue weighted by atomic mass is 16.5. The van der Waals surface area contributed by atoms with Crippen LogP contribution in [0.3, 0.4) is 0 Å². The molecule has 0 unspecified atom stereocenters. The summed E-state index contributed by atoms with van der Waals surface area (Å²) in [4.78, 5) is 11.3. The monoisotopic (exact) mass is 234 g/mol. The summed E-state index contributed by atoms with van der Waals surface area (Å²) >= 11 is 0. The van der Waals surface area contributed by atoms with Crippen molar-refractivity contribution in [2.24, 2.45) is 7.05 Å². The molecule has 2 rings (SSSR count). The van der Waals surface area contributed by atoms with E-state index in [9.17, 15) is 4.79 Å². The first-order chi connectivity index (χ1) is 8.16. The Kier molecular flexibility index (Phi) is 3.39. The average Bonchev–Trinajstić information content (AvgIpc) is 2.63. The third-order valence-corrected chi connectivity index (χ3v) is 2.66. The summed E-state index contributed by atoms with van der Waals surface area (Å²) < 4.78 is 6.23. The fraction of sp³-hybridized carbons (Fsp3) is 0.333. The van der Waals surface area contributed by atoms with Crippen LogP contribution in [-0.4, -0.2) is 5.27 Å². The van der Waals surface area contributed by atoms with Gasteiger partial charge in [-0.05, 0) is 17.8 Å². The van der Waals surface area contributed by atoms with Gasteiger partial charge in [0.25, 0.3) is 0 Å². The van der Waals surface area contributed by atoms with Crippen LogP contribution in [0.5, 0.6) is 0 Å². The topological polar surface area (TPSA) is 61.9 Å². The van der Waals surface area contributed by atoms with E-state index in [0.717, 1.165) is 6.54 Å². The Morgan fingerprint density at radius 3 is 2.59 bits per heavy atom. The van der Waals surface area contributed by atoms with Crippen LogP contribution < -0.4 is 15.6 Å². The van der Waals surface area contributed by atoms with E-state index in [1.54, 1.807) is 11.7 Å². The zero-order valence-corrected chi connectivity index (χ0v) is 9.99. The summed E-state index contributed by atoms with van der Waals surface area (Å²) in [5.41, 5.74) is 2.69. The lowest BCUT2D eigenvalue weighted by atomic mass is 10.1. The summed E-state index contributed by atoms with van der Waals surface area (Å²) in [6, 6.07) is 8.28. The number of hydrogen-bond acceptors (Lipinski definition) is 3. The number of benzene rings is 1. The molecule has 5 heteroatoms. The summed E-state index contributed by atoms with van der Waals surface area (Å²) in [6.07, 6.45) is 0. The van der Waals surface area contributed by atoms with Gasteiger partial charge in [0.05, 0.1) is 6.54 Å². The third kappa shape index (κ3) is 2.82. The van der Waals surface area contributed by atoms with Crippen molar-refractivity contribution in [2.75, 3.05) is 0 Å². The van der Waals surface area contributed by atoms with Gasteiger partial charge in [-0.1, -0.05) is 34.5 Å². The van der Waals surface area contributed by atoms with Gasteiger partial charge in [-0.3, -0.25) is 4.52 Å². The predicted molar refractivity (Wildman–Crippen MR) is 62.2 cm³/mol. The standard InChI is InChI=1S/C12H15N3O2/c1-9-3-5-10(6-4-9)7-13-8-11-12(16)17-14-15(11)2/h3-6,13H,7-8H2,1-2H3/p+1. The van der Waals surface area contributed by atoms with Crippen LogP contribution in [0, 0.1) is 6.92 Å². The first-order valence-corrected chi connectivity index (χ1v) is 5.49. The van der Waals surface area contributed by atoms with Crippen LogP contribution in [0.2, 0.25) is 0 Å². The highest BCUT2D eigenvalue weighted by Gasteiger charge is 2.15. The molecular formula is C12H16N3O2+. The number of aromatic nitrogens is 2. The lowest BCUT2D eigenvalue weighted by molar-refractivity contribution is -0.746. The highest BCUT2D eigenvalue weighted by molar-refractivity contribution is 5.21. The van der Waals surface area contributed by atoms with Crippen LogP contribution in [-0.2, 0) is 20.1 Å². The fourth-order valence-electron chi connectivity index (χ4n) is 1.58. The van der Waals surface area contributed by atoms with E-state index in [-0.39, 0.29) is 5.63 Å². The Hall–Kier alpha value is -1.88. The Bertz CT molecular complexity index is 540. The third-order valence-electron chi connectivity index (χ3n) is 2.66. The minimum atomic E-state index is -0.330. The molecule has 0 saturated carbocycles. The number of rotatable bonds is 4. The molecule has 0 amide bonds. The minimum absolute atomic E-state index is 0.330. The fourth-order valence-corrected chi connectivity index (χ4v) is 1.58. The van der Waals surface area contributed by atoms with Crippen molar-refractivity contribution in [2.45, 2.75) is 20.0 Å². The maximum absolute atomic E-state index is 11.3. The van der Waals surface area contributed by atoms with Gasteiger partial charge < -0.3 is 5.32 Å². The molecular weight excluding hydrogens is 218 g/mol. The SMILES string of the molecule is Cc1ccc(CNCc2c(=O)o[nH][n+]2C)cc1. The molecule has 5 nitrogen and oxygen atoms in total. The van der Waals surface area contributed by atoms with Crippen LogP contribution in [0.15, 0.2) is 33.6 Å². The molecule has 90 valence electrons. The number of aromatic amines is 1. The Labute approximate surface area is 99.0 Å². The quantitative estimate of drug-likeness (QED) is 0.752. The molecule has 0 aliphatic heterocycles. The van der Waals surface area contributed by atoms with E-state index >= 15 is 0 Å². The second kappa shape index (κ2) is 4.97. The van der Waals surface area contributed by atoms with Gasteiger partial charge in [0.15, 0.2) is 7.05 Å². The van der Waals surface area contributed by atoms with E-state index in [4.69, 9.17) is 0 Å². The molecule has 0 aliphatic carbocycles. The molecule has 2 N–H and O–H groups in total. The van der Waals surface area contributed by atoms with Crippen molar-refractivity contribution in [3.05, 3.63) is 51.5 Å². The molecule has 0 radical (unpaired) electrons. The molecule has 0 atom stereocenters. The molecule has 1 aromatic heterocycles. The number of H-pyrrole nitrogens is 1. The van der Waals surface area contributed by atoms with Crippen molar-refractivity contribution in [1.82, 2.24) is 10.6 Å². The van der Waals surface area contributed by atoms with Gasteiger partial charge in [-0.2, -0.15) is 0 Å². The van der Waals surface area contributed by atoms with Crippen molar-refractivity contribution < 1.29 is 9.20 Å². The first-order valence-electron chi connectivity index (χ1n) is 5.49. The van der Waals surface area contributed by atoms with Gasteiger partial charge in [0.1, 0.15) is 0 Å². The zero-order valence-electron chi connectivity index (χ0n) is 9.99. The zero-order chi connectivity index (χ0) is 12.3. The number of nitrogens with one attached hydrogen (secondary N) is 2. The summed E-state index contributed by atoms with van der Waals surface area (Å²) in [5.74, 6) is 0. The lowest BCUT2D eigenvalue weighted by Gasteiger charge is -2.01. The maximum Gasteiger partial charge on any atom is 0.431 e. The molecule has 0 aliphatic rings. The van der Waals surface area contributed by atoms with Crippen molar-refractivity contribution in [1.29, 1.82) is 0 Å². The van der Waals surface area contributed by atoms with Crippen molar-refractivity contribution >= 4 is 0 Å². The molecule has 0 fully saturated rings. The molecule has 1 heterocycles. The second-order valence-corrected chi connectivity index (χ2v) is 4.08. The van der Waals surface area contributed by atoms with Crippen LogP contribution in [0.25, 0.3) is 0 Å². The average molecular weight is 234 g/mol. The summed E-state index contributed by atoms with van der Waals surface area (Å²) in [5, 5.41) is 5.69. The molecule has 0 bridgehead atoms. The van der Waals surface area contributed by atoms with Crippen molar-refractivity contribution in [3.8, 4) is 0 Å². The van der Waals surface area contributed by atoms with E-state index in [1.165, 1.54) is 11.1 Å². The molecule has 0 spiro atoms. The normalized spacial score (nSPS) is 10.7. The number of aryl methyl sites for hydroxylation is 2. The van der Waals surface area contributed by atoms with Gasteiger partial charge in [-0.15, -0.1) is 0 Å².